The number of halogens is 3. The number of urea groups is 1. The average Bonchev–Trinajstić information content (AvgIpc) is 3.53. The van der Waals surface area contributed by atoms with Crippen LogP contribution in [0.4, 0.5) is 14.9 Å². The highest BCUT2D eigenvalue weighted by molar-refractivity contribution is 9.10. The van der Waals surface area contributed by atoms with Gasteiger partial charge < -0.3 is 4.90 Å². The van der Waals surface area contributed by atoms with Crippen molar-refractivity contribution in [3.8, 4) is 0 Å². The number of carbonyl (C=O) groups is 4. The number of amides is 5. The molecule has 0 N–H and O–H groups in total. The highest BCUT2D eigenvalue weighted by Crippen LogP contribution is 2.60. The zero-order valence-electron chi connectivity index (χ0n) is 23.1. The van der Waals surface area contributed by atoms with Crippen LogP contribution in [0, 0.1) is 17.7 Å². The van der Waals surface area contributed by atoms with E-state index in [1.165, 1.54) is 34.1 Å². The van der Waals surface area contributed by atoms with Gasteiger partial charge in [-0.3, -0.25) is 19.3 Å². The standard InChI is InChI=1S/C33H28BrClFN3O4/c34-21-10-16-25(17-11-21)38-31(42)33(18-19-6-12-22(35)13-7-19)27-26(29(40)37(30(27)41)24-4-2-1-3-5-24)28(39(33)32(38)43)20-8-14-23(36)15-9-20/h6-17,24,26-28H,1-5,18H2/t26-,27-,28-,33-/m1/s1. The van der Waals surface area contributed by atoms with E-state index in [0.29, 0.717) is 34.7 Å². The molecule has 4 fully saturated rings. The Morgan fingerprint density at radius 3 is 2.14 bits per heavy atom. The van der Waals surface area contributed by atoms with Gasteiger partial charge in [0.2, 0.25) is 11.8 Å². The first-order chi connectivity index (χ1) is 20.7. The number of benzene rings is 3. The van der Waals surface area contributed by atoms with Gasteiger partial charge in [0.15, 0.2) is 0 Å². The Morgan fingerprint density at radius 1 is 0.837 bits per heavy atom. The molecule has 3 aromatic carbocycles. The van der Waals surface area contributed by atoms with Crippen molar-refractivity contribution in [3.05, 3.63) is 99.2 Å². The lowest BCUT2D eigenvalue weighted by atomic mass is 9.75. The molecule has 3 saturated heterocycles. The Kier molecular flexibility index (Phi) is 6.93. The zero-order valence-corrected chi connectivity index (χ0v) is 25.4. The first kappa shape index (κ1) is 28.2. The van der Waals surface area contributed by atoms with Crippen LogP contribution < -0.4 is 4.90 Å². The molecule has 0 aromatic heterocycles. The molecule has 220 valence electrons. The van der Waals surface area contributed by atoms with E-state index in [2.05, 4.69) is 15.9 Å². The number of anilines is 1. The van der Waals surface area contributed by atoms with Crippen LogP contribution in [-0.2, 0) is 20.8 Å². The van der Waals surface area contributed by atoms with E-state index in [-0.39, 0.29) is 18.4 Å². The SMILES string of the molecule is O=C1[C@H]2[C@@H](c3ccc(F)cc3)N3C(=O)N(c4ccc(Br)cc4)C(=O)[C@@]3(Cc3ccc(Cl)cc3)[C@H]2C(=O)N1C1CCCCC1. The van der Waals surface area contributed by atoms with Crippen molar-refractivity contribution in [3.63, 3.8) is 0 Å². The largest absolute Gasteiger partial charge is 0.332 e. The number of rotatable bonds is 5. The highest BCUT2D eigenvalue weighted by Gasteiger charge is 2.77. The summed E-state index contributed by atoms with van der Waals surface area (Å²) in [5.41, 5.74) is -0.126. The Hall–Kier alpha value is -3.56. The maximum absolute atomic E-state index is 14.9. The van der Waals surface area contributed by atoms with Gasteiger partial charge in [0, 0.05) is 22.0 Å². The maximum Gasteiger partial charge on any atom is 0.332 e. The average molecular weight is 665 g/mol. The number of nitrogens with zero attached hydrogens (tertiary/aromatic N) is 3. The Labute approximate surface area is 261 Å². The number of likely N-dealkylation sites (tertiary alicyclic amines) is 1. The summed E-state index contributed by atoms with van der Waals surface area (Å²) in [6, 6.07) is 17.6. The van der Waals surface area contributed by atoms with Crippen LogP contribution in [-0.4, -0.2) is 45.1 Å². The third-order valence-electron chi connectivity index (χ3n) is 9.54. The number of carbonyl (C=O) groups excluding carboxylic acids is 4. The van der Waals surface area contributed by atoms with Gasteiger partial charge in [0.1, 0.15) is 11.4 Å². The number of fused-ring (bicyclic) bond motifs is 3. The molecule has 0 unspecified atom stereocenters. The number of hydrogen-bond donors (Lipinski definition) is 0. The summed E-state index contributed by atoms with van der Waals surface area (Å²) in [5, 5.41) is 0.507. The van der Waals surface area contributed by atoms with Crippen LogP contribution in [0.25, 0.3) is 0 Å². The van der Waals surface area contributed by atoms with Crippen LogP contribution >= 0.6 is 27.5 Å². The summed E-state index contributed by atoms with van der Waals surface area (Å²) in [7, 11) is 0. The fraction of sp³-hybridized carbons (Fsp3) is 0.333. The van der Waals surface area contributed by atoms with E-state index < -0.39 is 47.1 Å². The topological polar surface area (TPSA) is 78.0 Å². The van der Waals surface area contributed by atoms with Crippen molar-refractivity contribution >= 4 is 57.0 Å². The minimum Gasteiger partial charge on any atom is -0.300 e. The van der Waals surface area contributed by atoms with Crippen molar-refractivity contribution in [2.24, 2.45) is 11.8 Å². The van der Waals surface area contributed by atoms with E-state index >= 15 is 0 Å². The van der Waals surface area contributed by atoms with E-state index in [1.807, 2.05) is 0 Å². The molecule has 4 atom stereocenters. The predicted molar refractivity (Wildman–Crippen MR) is 162 cm³/mol. The summed E-state index contributed by atoms with van der Waals surface area (Å²) in [5.74, 6) is -3.89. The third-order valence-corrected chi connectivity index (χ3v) is 10.3. The molecule has 4 aliphatic rings. The van der Waals surface area contributed by atoms with Crippen molar-refractivity contribution in [1.29, 1.82) is 0 Å². The second-order valence-electron chi connectivity index (χ2n) is 11.8. The summed E-state index contributed by atoms with van der Waals surface area (Å²) in [4.78, 5) is 62.3. The molecule has 1 saturated carbocycles. The lowest BCUT2D eigenvalue weighted by Gasteiger charge is -2.37. The molecular weight excluding hydrogens is 637 g/mol. The summed E-state index contributed by atoms with van der Waals surface area (Å²) < 4.78 is 14.9. The highest BCUT2D eigenvalue weighted by atomic mass is 79.9. The molecule has 7 nitrogen and oxygen atoms in total. The van der Waals surface area contributed by atoms with Gasteiger partial charge in [-0.15, -0.1) is 0 Å². The first-order valence-electron chi connectivity index (χ1n) is 14.5. The van der Waals surface area contributed by atoms with Gasteiger partial charge in [-0.25, -0.2) is 14.1 Å². The normalized spacial score (nSPS) is 27.3. The second-order valence-corrected chi connectivity index (χ2v) is 13.2. The molecule has 3 heterocycles. The molecule has 0 bridgehead atoms. The summed E-state index contributed by atoms with van der Waals surface area (Å²) >= 11 is 9.59. The van der Waals surface area contributed by atoms with E-state index in [0.717, 1.165) is 28.6 Å². The molecule has 5 amide bonds. The van der Waals surface area contributed by atoms with Crippen molar-refractivity contribution < 1.29 is 23.6 Å². The van der Waals surface area contributed by atoms with Crippen LogP contribution in [0.15, 0.2) is 77.3 Å². The van der Waals surface area contributed by atoms with Gasteiger partial charge in [-0.05, 0) is 72.5 Å². The number of hydrogen-bond acceptors (Lipinski definition) is 4. The van der Waals surface area contributed by atoms with Crippen molar-refractivity contribution in [2.45, 2.75) is 56.1 Å². The van der Waals surface area contributed by atoms with Crippen LogP contribution in [0.1, 0.15) is 49.3 Å². The maximum atomic E-state index is 14.9. The van der Waals surface area contributed by atoms with Crippen LogP contribution in [0.3, 0.4) is 0 Å². The van der Waals surface area contributed by atoms with E-state index in [9.17, 15) is 23.6 Å². The van der Waals surface area contributed by atoms with Gasteiger partial charge >= 0.3 is 6.03 Å². The van der Waals surface area contributed by atoms with Crippen molar-refractivity contribution in [2.75, 3.05) is 4.90 Å². The fourth-order valence-corrected chi connectivity index (χ4v) is 8.11. The van der Waals surface area contributed by atoms with E-state index in [4.69, 9.17) is 11.6 Å². The minimum absolute atomic E-state index is 0.0121. The summed E-state index contributed by atoms with van der Waals surface area (Å²) in [6.07, 6.45) is 4.30. The molecular formula is C33H28BrClFN3O4. The molecule has 10 heteroatoms. The molecule has 7 rings (SSSR count). The second kappa shape index (κ2) is 10.6. The Balaban J connectivity index is 1.44. The van der Waals surface area contributed by atoms with Gasteiger partial charge in [-0.2, -0.15) is 0 Å². The predicted octanol–water partition coefficient (Wildman–Crippen LogP) is 6.68. The van der Waals surface area contributed by atoms with Gasteiger partial charge in [0.25, 0.3) is 5.91 Å². The fourth-order valence-electron chi connectivity index (χ4n) is 7.72. The molecule has 3 aliphatic heterocycles. The lowest BCUT2D eigenvalue weighted by Crippen LogP contribution is -2.56. The van der Waals surface area contributed by atoms with E-state index in [1.54, 1.807) is 48.5 Å². The molecule has 0 radical (unpaired) electrons. The molecule has 0 spiro atoms. The molecule has 3 aromatic rings. The zero-order chi connectivity index (χ0) is 30.0. The molecule has 1 aliphatic carbocycles. The van der Waals surface area contributed by atoms with Crippen LogP contribution in [0.2, 0.25) is 5.02 Å². The Morgan fingerprint density at radius 2 is 1.49 bits per heavy atom. The summed E-state index contributed by atoms with van der Waals surface area (Å²) in [6.45, 7) is 0. The third kappa shape index (κ3) is 4.26. The quantitative estimate of drug-likeness (QED) is 0.225. The Bertz CT molecular complexity index is 1630. The minimum atomic E-state index is -1.68. The lowest BCUT2D eigenvalue weighted by molar-refractivity contribution is -0.147. The van der Waals surface area contributed by atoms with Crippen molar-refractivity contribution in [1.82, 2.24) is 9.80 Å². The van der Waals surface area contributed by atoms with Gasteiger partial charge in [-0.1, -0.05) is 71.1 Å². The number of imide groups is 2. The molecule has 43 heavy (non-hydrogen) atoms. The van der Waals surface area contributed by atoms with Gasteiger partial charge in [0.05, 0.1) is 23.6 Å². The first-order valence-corrected chi connectivity index (χ1v) is 15.7. The smallest absolute Gasteiger partial charge is 0.300 e. The monoisotopic (exact) mass is 663 g/mol. The van der Waals surface area contributed by atoms with Crippen LogP contribution in [0.5, 0.6) is 0 Å².